The Morgan fingerprint density at radius 3 is 2.38 bits per heavy atom. The van der Waals surface area contributed by atoms with Crippen molar-refractivity contribution in [1.29, 1.82) is 0 Å². The van der Waals surface area contributed by atoms with Gasteiger partial charge in [0.2, 0.25) is 5.22 Å². The fourth-order valence-electron chi connectivity index (χ4n) is 0.277. The molecule has 0 unspecified atom stereocenters. The van der Waals surface area contributed by atoms with Crippen molar-refractivity contribution in [2.45, 2.75) is 6.29 Å². The highest BCUT2D eigenvalue weighted by Gasteiger charge is 2.39. The predicted octanol–water partition coefficient (Wildman–Crippen LogP) is 1.62. The summed E-state index contributed by atoms with van der Waals surface area (Å²) in [5.41, 5.74) is 0. The van der Waals surface area contributed by atoms with Crippen molar-refractivity contribution in [2.24, 2.45) is 0 Å². The molecule has 0 bridgehead atoms. The smallest absolute Gasteiger partial charge is 0.402 e. The van der Waals surface area contributed by atoms with E-state index in [1.807, 2.05) is 0 Å². The Balaban J connectivity index is 2.55. The van der Waals surface area contributed by atoms with Crippen LogP contribution in [0.3, 0.4) is 0 Å². The highest BCUT2D eigenvalue weighted by molar-refractivity contribution is 6.28. The molecule has 0 saturated carbocycles. The van der Waals surface area contributed by atoms with Gasteiger partial charge in [-0.15, -0.1) is 8.78 Å². The highest BCUT2D eigenvalue weighted by atomic mass is 35.5. The van der Waals surface area contributed by atoms with Crippen LogP contribution < -0.4 is 0 Å². The monoisotopic (exact) mass is 142 g/mol. The van der Waals surface area contributed by atoms with Crippen molar-refractivity contribution in [2.75, 3.05) is 0 Å². The van der Waals surface area contributed by atoms with Gasteiger partial charge in [0.05, 0.1) is 0 Å². The third-order valence-corrected chi connectivity index (χ3v) is 0.671. The lowest BCUT2D eigenvalue weighted by atomic mass is 11.1. The minimum absolute atomic E-state index is 0.435. The van der Waals surface area contributed by atoms with Crippen LogP contribution in [0.15, 0.2) is 11.5 Å². The number of halogens is 3. The van der Waals surface area contributed by atoms with Gasteiger partial charge >= 0.3 is 6.29 Å². The summed E-state index contributed by atoms with van der Waals surface area (Å²) in [5, 5.41) is -0.435. The van der Waals surface area contributed by atoms with Gasteiger partial charge in [0.15, 0.2) is 0 Å². The van der Waals surface area contributed by atoms with Crippen LogP contribution in [0, 0.1) is 0 Å². The number of hydrogen-bond acceptors (Lipinski definition) is 2. The Morgan fingerprint density at radius 2 is 2.25 bits per heavy atom. The third-order valence-electron chi connectivity index (χ3n) is 0.505. The summed E-state index contributed by atoms with van der Waals surface area (Å²) in [6.07, 6.45) is -2.92. The molecule has 46 valence electrons. The zero-order valence-corrected chi connectivity index (χ0v) is 4.28. The van der Waals surface area contributed by atoms with E-state index < -0.39 is 11.5 Å². The van der Waals surface area contributed by atoms with Crippen molar-refractivity contribution >= 4 is 11.6 Å². The van der Waals surface area contributed by atoms with Crippen LogP contribution >= 0.6 is 11.6 Å². The standard InChI is InChI=1S/C3HClF2O2/c4-2-1-7-3(5,6)8-2/h1H. The van der Waals surface area contributed by atoms with Crippen LogP contribution in [0.2, 0.25) is 0 Å². The molecule has 0 atom stereocenters. The van der Waals surface area contributed by atoms with Gasteiger partial charge in [0.25, 0.3) is 0 Å². The molecule has 0 saturated heterocycles. The molecule has 8 heavy (non-hydrogen) atoms. The normalized spacial score (nSPS) is 23.6. The molecule has 0 fully saturated rings. The Labute approximate surface area is 48.6 Å². The fraction of sp³-hybridized carbons (Fsp3) is 0.333. The van der Waals surface area contributed by atoms with Gasteiger partial charge in [0, 0.05) is 0 Å². The van der Waals surface area contributed by atoms with Crippen molar-refractivity contribution in [3.63, 3.8) is 0 Å². The average molecular weight is 142 g/mol. The molecule has 0 spiro atoms. The van der Waals surface area contributed by atoms with E-state index in [9.17, 15) is 8.78 Å². The van der Waals surface area contributed by atoms with Crippen LogP contribution in [-0.2, 0) is 9.47 Å². The zero-order chi connectivity index (χ0) is 6.20. The average Bonchev–Trinajstić information content (AvgIpc) is 1.82. The molecule has 0 aromatic heterocycles. The summed E-state index contributed by atoms with van der Waals surface area (Å²) < 4.78 is 30.5. The Kier molecular flexibility index (Phi) is 1.04. The van der Waals surface area contributed by atoms with E-state index in [-0.39, 0.29) is 0 Å². The second-order valence-electron chi connectivity index (χ2n) is 1.11. The SMILES string of the molecule is FC1(F)OC=C(Cl)O1. The second kappa shape index (κ2) is 1.48. The van der Waals surface area contributed by atoms with Gasteiger partial charge < -0.3 is 9.47 Å². The Bertz CT molecular complexity index is 133. The van der Waals surface area contributed by atoms with Crippen LogP contribution in [-0.4, -0.2) is 6.29 Å². The quantitative estimate of drug-likeness (QED) is 0.512. The van der Waals surface area contributed by atoms with E-state index in [1.165, 1.54) is 0 Å². The molecule has 0 aromatic carbocycles. The Morgan fingerprint density at radius 1 is 1.62 bits per heavy atom. The first kappa shape index (κ1) is 5.62. The van der Waals surface area contributed by atoms with Gasteiger partial charge in [-0.2, -0.15) is 0 Å². The van der Waals surface area contributed by atoms with Gasteiger partial charge in [-0.25, -0.2) is 0 Å². The Hall–Kier alpha value is -0.510. The van der Waals surface area contributed by atoms with Gasteiger partial charge in [-0.05, 0) is 11.6 Å². The van der Waals surface area contributed by atoms with Crippen LogP contribution in [0.1, 0.15) is 0 Å². The molecule has 0 aromatic rings. The number of rotatable bonds is 0. The van der Waals surface area contributed by atoms with Crippen LogP contribution in [0.25, 0.3) is 0 Å². The number of ether oxygens (including phenoxy) is 2. The maximum atomic E-state index is 11.6. The maximum absolute atomic E-state index is 11.6. The summed E-state index contributed by atoms with van der Waals surface area (Å²) in [5.74, 6) is 0. The molecule has 0 amide bonds. The largest absolute Gasteiger partial charge is 0.586 e. The van der Waals surface area contributed by atoms with Gasteiger partial charge in [-0.3, -0.25) is 0 Å². The lowest BCUT2D eigenvalue weighted by Crippen LogP contribution is -2.15. The molecular weight excluding hydrogens is 141 g/mol. The molecule has 1 aliphatic rings. The third kappa shape index (κ3) is 1.01. The van der Waals surface area contributed by atoms with E-state index in [2.05, 4.69) is 9.47 Å². The topological polar surface area (TPSA) is 18.5 Å². The molecule has 1 aliphatic heterocycles. The van der Waals surface area contributed by atoms with Gasteiger partial charge in [-0.1, -0.05) is 0 Å². The molecule has 2 nitrogen and oxygen atoms in total. The van der Waals surface area contributed by atoms with Crippen molar-refractivity contribution in [3.05, 3.63) is 11.5 Å². The van der Waals surface area contributed by atoms with Crippen molar-refractivity contribution in [3.8, 4) is 0 Å². The molecule has 1 rings (SSSR count). The van der Waals surface area contributed by atoms with Crippen LogP contribution in [0.5, 0.6) is 0 Å². The summed E-state index contributed by atoms with van der Waals surface area (Å²) in [7, 11) is 0. The number of hydrogen-bond donors (Lipinski definition) is 0. The molecule has 1 heterocycles. The lowest BCUT2D eigenvalue weighted by Gasteiger charge is -2.04. The molecular formula is C3HClF2O2. The van der Waals surface area contributed by atoms with Crippen LogP contribution in [0.4, 0.5) is 8.78 Å². The van der Waals surface area contributed by atoms with Gasteiger partial charge in [0.1, 0.15) is 6.26 Å². The first-order valence-corrected chi connectivity index (χ1v) is 2.08. The summed E-state index contributed by atoms with van der Waals surface area (Å²) in [6, 6.07) is 0. The minimum atomic E-state index is -3.56. The summed E-state index contributed by atoms with van der Waals surface area (Å²) >= 11 is 4.93. The van der Waals surface area contributed by atoms with E-state index in [1.54, 1.807) is 0 Å². The fourth-order valence-corrected chi connectivity index (χ4v) is 0.411. The first-order valence-electron chi connectivity index (χ1n) is 1.70. The first-order chi connectivity index (χ1) is 3.60. The van der Waals surface area contributed by atoms with Crippen molar-refractivity contribution in [1.82, 2.24) is 0 Å². The number of alkyl halides is 2. The summed E-state index contributed by atoms with van der Waals surface area (Å²) in [6.45, 7) is 0. The van der Waals surface area contributed by atoms with Crippen molar-refractivity contribution < 1.29 is 18.3 Å². The lowest BCUT2D eigenvalue weighted by molar-refractivity contribution is -0.331. The molecule has 0 N–H and O–H groups in total. The highest BCUT2D eigenvalue weighted by Crippen LogP contribution is 2.29. The van der Waals surface area contributed by atoms with E-state index >= 15 is 0 Å². The maximum Gasteiger partial charge on any atom is 0.586 e. The van der Waals surface area contributed by atoms with E-state index in [4.69, 9.17) is 11.6 Å². The summed E-state index contributed by atoms with van der Waals surface area (Å²) in [4.78, 5) is 0. The second-order valence-corrected chi connectivity index (χ2v) is 1.48. The molecule has 0 aliphatic carbocycles. The molecule has 5 heteroatoms. The zero-order valence-electron chi connectivity index (χ0n) is 3.53. The predicted molar refractivity (Wildman–Crippen MR) is 21.1 cm³/mol. The van der Waals surface area contributed by atoms with E-state index in [0.29, 0.717) is 6.26 Å². The molecule has 0 radical (unpaired) electrons. The minimum Gasteiger partial charge on any atom is -0.402 e. The van der Waals surface area contributed by atoms with E-state index in [0.717, 1.165) is 0 Å².